The first kappa shape index (κ1) is 77.6. The number of hydrogen-bond donors (Lipinski definition) is 7. The first-order chi connectivity index (χ1) is 60.8. The molecule has 618 valence electrons. The molecule has 11 N–H and O–H groups in total. The Labute approximate surface area is 715 Å². The highest BCUT2D eigenvalue weighted by atomic mass is 32.1. The molecule has 0 atom stereocenters. The third-order valence-electron chi connectivity index (χ3n) is 24.7. The molecule has 2 saturated heterocycles. The molecule has 4 fully saturated rings. The van der Waals surface area contributed by atoms with Crippen LogP contribution in [0.15, 0.2) is 225 Å². The summed E-state index contributed by atoms with van der Waals surface area (Å²) in [5.74, 6) is 13.3. The van der Waals surface area contributed by atoms with Crippen molar-refractivity contribution in [2.75, 3.05) is 62.8 Å². The molecule has 3 aliphatic heterocycles. The number of benzene rings is 6. The molecule has 0 radical (unpaired) electrons. The van der Waals surface area contributed by atoms with Crippen LogP contribution in [-0.4, -0.2) is 145 Å². The highest BCUT2D eigenvalue weighted by Gasteiger charge is 2.36. The Morgan fingerprint density at radius 2 is 0.935 bits per heavy atom. The number of amides is 2. The lowest BCUT2D eigenvalue weighted by Crippen LogP contribution is -2.40. The molecule has 27 nitrogen and oxygen atoms in total. The van der Waals surface area contributed by atoms with E-state index in [-0.39, 0.29) is 41.5 Å². The van der Waals surface area contributed by atoms with Crippen LogP contribution >= 0.6 is 11.3 Å². The van der Waals surface area contributed by atoms with E-state index in [1.165, 1.54) is 42.8 Å². The molecule has 5 aliphatic rings. The first-order valence-corrected chi connectivity index (χ1v) is 42.9. The molecule has 15 heterocycles. The van der Waals surface area contributed by atoms with E-state index in [9.17, 15) is 14.4 Å². The lowest BCUT2D eigenvalue weighted by molar-refractivity contribution is -0.146. The highest BCUT2D eigenvalue weighted by Crippen LogP contribution is 2.45. The fourth-order valence-corrected chi connectivity index (χ4v) is 19.1. The number of anilines is 4. The second-order valence-corrected chi connectivity index (χ2v) is 33.3. The minimum Gasteiger partial charge on any atom is -0.488 e. The van der Waals surface area contributed by atoms with Crippen molar-refractivity contribution in [3.63, 3.8) is 0 Å². The number of para-hydroxylation sites is 4. The van der Waals surface area contributed by atoms with Crippen molar-refractivity contribution < 1.29 is 23.9 Å². The molecule has 2 amide bonds. The monoisotopic (exact) mass is 1660 g/mol. The topological polar surface area (TPSA) is 361 Å². The summed E-state index contributed by atoms with van der Waals surface area (Å²) in [7, 11) is 1.45. The third-order valence-corrected chi connectivity index (χ3v) is 25.8. The van der Waals surface area contributed by atoms with E-state index in [1.807, 2.05) is 142 Å². The maximum atomic E-state index is 13.3. The number of carbonyl (C=O) groups is 3. The molecule has 0 bridgehead atoms. The van der Waals surface area contributed by atoms with E-state index in [0.717, 1.165) is 186 Å². The molecule has 0 unspecified atom stereocenters. The van der Waals surface area contributed by atoms with E-state index in [2.05, 4.69) is 138 Å². The van der Waals surface area contributed by atoms with Gasteiger partial charge < -0.3 is 57.2 Å². The number of aromatic nitrogens is 16. The number of imidazole rings is 4. The van der Waals surface area contributed by atoms with Crippen molar-refractivity contribution in [2.24, 2.45) is 5.92 Å². The zero-order valence-corrected chi connectivity index (χ0v) is 68.8. The molecule has 6 aromatic carbocycles. The van der Waals surface area contributed by atoms with Crippen molar-refractivity contribution in [3.05, 3.63) is 259 Å². The summed E-state index contributed by atoms with van der Waals surface area (Å²) < 4.78 is 20.1. The minimum atomic E-state index is -0.132. The molecule has 23 rings (SSSR count). The molecular formula is C96H88N22O5S. The summed E-state index contributed by atoms with van der Waals surface area (Å²) in [6.07, 6.45) is 24.7. The number of H-pyrrole nitrogens is 3. The Kier molecular flexibility index (Phi) is 20.8. The number of nitrogens with one attached hydrogen (secondary N) is 3. The van der Waals surface area contributed by atoms with E-state index >= 15 is 0 Å². The van der Waals surface area contributed by atoms with E-state index in [4.69, 9.17) is 52.3 Å². The van der Waals surface area contributed by atoms with Crippen LogP contribution in [0, 0.1) is 17.8 Å². The number of nitrogens with zero attached hydrogens (tertiary/aromatic N) is 15. The standard InChI is InChI=1S/C29H26N6O2.C28H24N6O.C21H22N6O2.C18H16N4S/c30-27-26-25(23-16-19-5-1-3-7-22(19)32-23)33-28(35(26)14-11-31-27)18-9-12-34(13-10-18)29(36)21-15-20-6-2-4-8-24(20)37-17-21;29-27-26-25(23-18-21-8-4-5-9-22(21)31-23)32-28(34(26)17-14-30-27)20-12-15-33(16-13-20)24(35)11-10-19-6-2-1-3-7-19;1-29-21(28)13-8-6-12(7-9-13)20-26-17(18-19(22)23-11-24-27(18)20)16-10-14-4-2-3-5-15(14)25-16;19-17-16-15(14-10-12-4-1-2-7-13(12)23-14)21-18(11-5-3-6-11)22(16)9-8-20-17/h1-8,11,14-16,18,32H,9-10,12-13,17H2,(H2,30,31);1-9,14,17-18,20,31H,12-13,15-16H2,(H2,29,30);2-5,10-13,25H,6-9H2,1H3,(H2,22,23,24);1-2,4,7-11H,3,5-6H2,(H2,19,20). The number of piperidine rings is 2. The van der Waals surface area contributed by atoms with Gasteiger partial charge in [0.25, 0.3) is 11.8 Å². The molecule has 2 saturated carbocycles. The molecule has 18 aromatic rings. The van der Waals surface area contributed by atoms with Gasteiger partial charge in [0.15, 0.2) is 5.82 Å². The van der Waals surface area contributed by atoms with Gasteiger partial charge in [-0.2, -0.15) is 5.10 Å². The largest absolute Gasteiger partial charge is 0.488 e. The Bertz CT molecular complexity index is 7080. The number of methoxy groups -OCH3 is 1. The fourth-order valence-electron chi connectivity index (χ4n) is 18.1. The number of esters is 1. The summed E-state index contributed by atoms with van der Waals surface area (Å²) >= 11 is 1.77. The average molecular weight is 1660 g/mol. The molecule has 12 aromatic heterocycles. The predicted molar refractivity (Wildman–Crippen MR) is 484 cm³/mol. The number of aromatic amines is 3. The number of thiophene rings is 1. The van der Waals surface area contributed by atoms with Gasteiger partial charge in [-0.05, 0) is 142 Å². The van der Waals surface area contributed by atoms with Gasteiger partial charge in [-0.1, -0.05) is 122 Å². The van der Waals surface area contributed by atoms with Gasteiger partial charge >= 0.3 is 5.97 Å². The summed E-state index contributed by atoms with van der Waals surface area (Å²) in [6.45, 7) is 2.93. The van der Waals surface area contributed by atoms with Crippen molar-refractivity contribution >= 4 is 123 Å². The second-order valence-electron chi connectivity index (χ2n) is 32.2. The van der Waals surface area contributed by atoms with E-state index < -0.39 is 0 Å². The van der Waals surface area contributed by atoms with Crippen LogP contribution in [0.3, 0.4) is 0 Å². The van der Waals surface area contributed by atoms with Crippen LogP contribution in [0.4, 0.5) is 23.3 Å². The van der Waals surface area contributed by atoms with Crippen molar-refractivity contribution in [2.45, 2.75) is 94.3 Å². The average Bonchev–Trinajstić information content (AvgIpc) is 1.61. The van der Waals surface area contributed by atoms with Crippen LogP contribution in [0.5, 0.6) is 5.75 Å². The normalized spacial score (nSPS) is 16.2. The lowest BCUT2D eigenvalue weighted by Gasteiger charge is -2.32. The van der Waals surface area contributed by atoms with Gasteiger partial charge in [-0.15, -0.1) is 11.3 Å². The number of ether oxygens (including phenoxy) is 2. The highest BCUT2D eigenvalue weighted by molar-refractivity contribution is 7.22. The maximum absolute atomic E-state index is 13.3. The number of likely N-dealkylation sites (tertiary alicyclic amines) is 2. The van der Waals surface area contributed by atoms with Crippen LogP contribution in [-0.2, 0) is 19.1 Å². The molecule has 2 aliphatic carbocycles. The maximum Gasteiger partial charge on any atom is 0.308 e. The summed E-state index contributed by atoms with van der Waals surface area (Å²) in [5, 5.41) is 9.05. The van der Waals surface area contributed by atoms with Crippen LogP contribution in [0.25, 0.3) is 116 Å². The van der Waals surface area contributed by atoms with Crippen LogP contribution in [0.1, 0.15) is 129 Å². The zero-order chi connectivity index (χ0) is 84.1. The van der Waals surface area contributed by atoms with Crippen molar-refractivity contribution in [3.8, 4) is 62.3 Å². The Hall–Kier alpha value is -15.0. The van der Waals surface area contributed by atoms with Crippen LogP contribution in [0.2, 0.25) is 0 Å². The number of nitrogens with two attached hydrogens (primary N) is 4. The Morgan fingerprint density at radius 1 is 0.476 bits per heavy atom. The lowest BCUT2D eigenvalue weighted by atomic mass is 9.81. The summed E-state index contributed by atoms with van der Waals surface area (Å²) in [6, 6.07) is 58.7. The van der Waals surface area contributed by atoms with E-state index in [0.29, 0.717) is 73.1 Å². The summed E-state index contributed by atoms with van der Waals surface area (Å²) in [4.78, 5) is 90.3. The quantitative estimate of drug-likeness (QED) is 0.0494. The number of nitrogen functional groups attached to an aromatic ring is 4. The van der Waals surface area contributed by atoms with Gasteiger partial charge in [-0.3, -0.25) is 27.6 Å². The van der Waals surface area contributed by atoms with E-state index in [1.54, 1.807) is 29.9 Å². The van der Waals surface area contributed by atoms with Gasteiger partial charge in [-0.25, -0.2) is 44.4 Å². The molecule has 124 heavy (non-hydrogen) atoms. The first-order valence-electron chi connectivity index (χ1n) is 42.0. The molecule has 0 spiro atoms. The smallest absolute Gasteiger partial charge is 0.308 e. The van der Waals surface area contributed by atoms with Gasteiger partial charge in [0.2, 0.25) is 0 Å². The number of carbonyl (C=O) groups excluding carboxylic acids is 3. The fraction of sp³-hybridized carbons (Fsp3) is 0.229. The SMILES string of the molecule is COC(=O)C1CCC(c2nc(-c3cc4ccccc4[nH]3)c3c(N)ncnn23)CC1.Nc1nccn2c(C3CCC3)nc(-c3cc4ccccc4s3)c12.Nc1nccn2c(C3CCN(C(=O)C#Cc4ccccc4)CC3)nc(-c3cc4ccccc4[nH]3)c12.Nc1nccn2c(C3CCN(C(=O)C4=Cc5ccccc5OC4)CC3)nc(-c3cc4ccccc4[nH]3)c12. The van der Waals surface area contributed by atoms with Crippen LogP contribution < -0.4 is 27.7 Å². The third kappa shape index (κ3) is 14.9. The number of fused-ring (bicyclic) bond motifs is 9. The predicted octanol–water partition coefficient (Wildman–Crippen LogP) is 16.6. The summed E-state index contributed by atoms with van der Waals surface area (Å²) in [5.41, 5.74) is 40.1. The second kappa shape index (κ2) is 33.2. The Morgan fingerprint density at radius 3 is 1.47 bits per heavy atom. The Balaban J connectivity index is 0.000000106. The number of hydrogen-bond acceptors (Lipinski definition) is 19. The van der Waals surface area contributed by atoms with Crippen molar-refractivity contribution in [1.82, 2.24) is 87.4 Å². The van der Waals surface area contributed by atoms with Gasteiger partial charge in [0.05, 0.1) is 40.6 Å². The van der Waals surface area contributed by atoms with Gasteiger partial charge in [0.1, 0.15) is 104 Å². The molecular weight excluding hydrogens is 1570 g/mol. The minimum absolute atomic E-state index is 0.0321. The zero-order valence-electron chi connectivity index (χ0n) is 68.0. The van der Waals surface area contributed by atoms with Crippen molar-refractivity contribution in [1.29, 1.82) is 0 Å². The molecule has 28 heteroatoms. The number of rotatable bonds is 10. The van der Waals surface area contributed by atoms with Gasteiger partial charge in [0, 0.05) is 141 Å².